The van der Waals surface area contributed by atoms with Crippen molar-refractivity contribution in [1.29, 1.82) is 0 Å². The molecular weight excluding hydrogens is 226 g/mol. The number of pyridine rings is 1. The summed E-state index contributed by atoms with van der Waals surface area (Å²) < 4.78 is 4.92. The molecule has 0 aliphatic carbocycles. The maximum absolute atomic E-state index is 11.8. The first-order chi connectivity index (χ1) is 8.79. The number of carbonyl (C=O) groups excluding carboxylic acids is 1. The van der Waals surface area contributed by atoms with Crippen LogP contribution in [0.25, 0.3) is 0 Å². The number of Topliss-reactive ketones (excluding diaryl/α,β-unsaturated/α-hetero) is 1. The Morgan fingerprint density at radius 3 is 2.56 bits per heavy atom. The Morgan fingerprint density at radius 2 is 1.94 bits per heavy atom. The van der Waals surface area contributed by atoms with Crippen molar-refractivity contribution in [3.63, 3.8) is 0 Å². The third kappa shape index (κ3) is 2.96. The lowest BCUT2D eigenvalue weighted by Crippen LogP contribution is -1.97. The van der Waals surface area contributed by atoms with Gasteiger partial charge in [-0.1, -0.05) is 24.1 Å². The first-order valence-electron chi connectivity index (χ1n) is 5.41. The Morgan fingerprint density at radius 1 is 1.17 bits per heavy atom. The van der Waals surface area contributed by atoms with Crippen LogP contribution in [0.4, 0.5) is 0 Å². The fourth-order valence-electron chi connectivity index (χ4n) is 1.36. The Hall–Kier alpha value is -2.60. The molecule has 1 aromatic carbocycles. The molecular formula is C15H11NO2. The van der Waals surface area contributed by atoms with E-state index in [1.54, 1.807) is 12.1 Å². The number of carbonyl (C=O) groups is 1. The average molecular weight is 237 g/mol. The number of ketones is 1. The maximum Gasteiger partial charge on any atom is 0.237 e. The van der Waals surface area contributed by atoms with Gasteiger partial charge in [0.15, 0.2) is 0 Å². The van der Waals surface area contributed by atoms with Crippen LogP contribution >= 0.6 is 0 Å². The van der Waals surface area contributed by atoms with Gasteiger partial charge in [0.05, 0.1) is 7.11 Å². The number of rotatable bonds is 2. The van der Waals surface area contributed by atoms with Crippen LogP contribution < -0.4 is 4.74 Å². The highest BCUT2D eigenvalue weighted by Gasteiger charge is 2.02. The van der Waals surface area contributed by atoms with E-state index in [1.165, 1.54) is 13.3 Å². The predicted molar refractivity (Wildman–Crippen MR) is 68.4 cm³/mol. The van der Waals surface area contributed by atoms with Crippen molar-refractivity contribution in [3.8, 4) is 17.7 Å². The lowest BCUT2D eigenvalue weighted by Gasteiger charge is -1.97. The molecule has 0 N–H and O–H groups in total. The topological polar surface area (TPSA) is 39.2 Å². The molecule has 3 heteroatoms. The van der Waals surface area contributed by atoms with E-state index >= 15 is 0 Å². The third-order valence-electron chi connectivity index (χ3n) is 2.30. The number of hydrogen-bond donors (Lipinski definition) is 0. The van der Waals surface area contributed by atoms with Gasteiger partial charge in [-0.3, -0.25) is 4.79 Å². The van der Waals surface area contributed by atoms with Crippen LogP contribution in [0, 0.1) is 11.8 Å². The molecule has 0 fully saturated rings. The van der Waals surface area contributed by atoms with Gasteiger partial charge in [0.1, 0.15) is 0 Å². The van der Waals surface area contributed by atoms with Crippen molar-refractivity contribution in [2.75, 3.05) is 7.11 Å². The molecule has 0 bridgehead atoms. The fourth-order valence-corrected chi connectivity index (χ4v) is 1.36. The summed E-state index contributed by atoms with van der Waals surface area (Å²) in [6.07, 6.45) is 1.46. The molecule has 0 aliphatic heterocycles. The normalized spacial score (nSPS) is 9.17. The second kappa shape index (κ2) is 5.65. The van der Waals surface area contributed by atoms with Crippen molar-refractivity contribution in [2.45, 2.75) is 0 Å². The zero-order chi connectivity index (χ0) is 12.8. The first-order valence-corrected chi connectivity index (χ1v) is 5.41. The lowest BCUT2D eigenvalue weighted by atomic mass is 10.1. The van der Waals surface area contributed by atoms with Gasteiger partial charge in [-0.05, 0) is 24.1 Å². The summed E-state index contributed by atoms with van der Waals surface area (Å²) in [7, 11) is 1.53. The van der Waals surface area contributed by atoms with Crippen molar-refractivity contribution in [3.05, 3.63) is 59.8 Å². The summed E-state index contributed by atoms with van der Waals surface area (Å²) >= 11 is 0. The molecule has 0 radical (unpaired) electrons. The van der Waals surface area contributed by atoms with Gasteiger partial charge >= 0.3 is 0 Å². The Labute approximate surface area is 105 Å². The van der Waals surface area contributed by atoms with Crippen molar-refractivity contribution in [1.82, 2.24) is 4.98 Å². The van der Waals surface area contributed by atoms with Gasteiger partial charge in [0.2, 0.25) is 11.7 Å². The van der Waals surface area contributed by atoms with E-state index in [1.807, 2.05) is 30.3 Å². The van der Waals surface area contributed by atoms with E-state index in [0.717, 1.165) is 5.56 Å². The summed E-state index contributed by atoms with van der Waals surface area (Å²) in [5.41, 5.74) is 1.27. The molecule has 18 heavy (non-hydrogen) atoms. The number of benzene rings is 1. The van der Waals surface area contributed by atoms with Crippen molar-refractivity contribution < 1.29 is 9.53 Å². The van der Waals surface area contributed by atoms with E-state index < -0.39 is 0 Å². The minimum Gasteiger partial charge on any atom is -0.481 e. The predicted octanol–water partition coefficient (Wildman–Crippen LogP) is 2.32. The summed E-state index contributed by atoms with van der Waals surface area (Å²) in [4.78, 5) is 15.7. The summed E-state index contributed by atoms with van der Waals surface area (Å²) in [6.45, 7) is 0. The Bertz CT molecular complexity index is 592. The van der Waals surface area contributed by atoms with E-state index in [0.29, 0.717) is 11.4 Å². The first kappa shape index (κ1) is 11.9. The monoisotopic (exact) mass is 237 g/mol. The van der Waals surface area contributed by atoms with Crippen molar-refractivity contribution in [2.24, 2.45) is 0 Å². The molecule has 0 aliphatic rings. The SMILES string of the molecule is COc1ccc(C(=O)C#Cc2ccccc2)cn1. The summed E-state index contributed by atoms with van der Waals surface area (Å²) in [6, 6.07) is 12.7. The van der Waals surface area contributed by atoms with Crippen LogP contribution in [-0.4, -0.2) is 17.9 Å². The third-order valence-corrected chi connectivity index (χ3v) is 2.30. The van der Waals surface area contributed by atoms with E-state index in [9.17, 15) is 4.79 Å². The van der Waals surface area contributed by atoms with E-state index in [2.05, 4.69) is 16.8 Å². The van der Waals surface area contributed by atoms with Gasteiger partial charge in [-0.2, -0.15) is 0 Å². The molecule has 0 saturated carbocycles. The lowest BCUT2D eigenvalue weighted by molar-refractivity contribution is 0.105. The molecule has 3 nitrogen and oxygen atoms in total. The molecule has 2 aromatic rings. The Kier molecular flexibility index (Phi) is 3.72. The smallest absolute Gasteiger partial charge is 0.237 e. The summed E-state index contributed by atoms with van der Waals surface area (Å²) in [5.74, 6) is 5.61. The van der Waals surface area contributed by atoms with Crippen LogP contribution in [-0.2, 0) is 0 Å². The van der Waals surface area contributed by atoms with Gasteiger partial charge in [-0.25, -0.2) is 4.98 Å². The molecule has 0 saturated heterocycles. The molecule has 2 rings (SSSR count). The fraction of sp³-hybridized carbons (Fsp3) is 0.0667. The van der Waals surface area contributed by atoms with Gasteiger partial charge in [-0.15, -0.1) is 0 Å². The highest BCUT2D eigenvalue weighted by Crippen LogP contribution is 2.07. The van der Waals surface area contributed by atoms with Crippen LogP contribution in [0.2, 0.25) is 0 Å². The molecule has 0 unspecified atom stereocenters. The maximum atomic E-state index is 11.8. The zero-order valence-corrected chi connectivity index (χ0v) is 9.88. The van der Waals surface area contributed by atoms with Gasteiger partial charge in [0.25, 0.3) is 0 Å². The van der Waals surface area contributed by atoms with Crippen LogP contribution in [0.3, 0.4) is 0 Å². The second-order valence-electron chi connectivity index (χ2n) is 3.53. The number of methoxy groups -OCH3 is 1. The largest absolute Gasteiger partial charge is 0.481 e. The zero-order valence-electron chi connectivity index (χ0n) is 9.88. The standard InChI is InChI=1S/C15H11NO2/c1-18-15-10-8-13(11-16-15)14(17)9-7-12-5-3-2-4-6-12/h2-6,8,10-11H,1H3. The molecule has 0 amide bonds. The van der Waals surface area contributed by atoms with E-state index in [-0.39, 0.29) is 5.78 Å². The van der Waals surface area contributed by atoms with E-state index in [4.69, 9.17) is 4.74 Å². The van der Waals surface area contributed by atoms with Crippen molar-refractivity contribution >= 4 is 5.78 Å². The number of aromatic nitrogens is 1. The molecule has 1 heterocycles. The van der Waals surface area contributed by atoms with Crippen LogP contribution in [0.5, 0.6) is 5.88 Å². The van der Waals surface area contributed by atoms with Crippen LogP contribution in [0.1, 0.15) is 15.9 Å². The Balaban J connectivity index is 2.15. The van der Waals surface area contributed by atoms with Gasteiger partial charge in [0, 0.05) is 23.4 Å². The highest BCUT2D eigenvalue weighted by molar-refractivity contribution is 6.09. The highest BCUT2D eigenvalue weighted by atomic mass is 16.5. The molecule has 0 atom stereocenters. The van der Waals surface area contributed by atoms with Gasteiger partial charge < -0.3 is 4.74 Å². The molecule has 88 valence electrons. The number of ether oxygens (including phenoxy) is 1. The second-order valence-corrected chi connectivity index (χ2v) is 3.53. The molecule has 1 aromatic heterocycles. The average Bonchev–Trinajstić information content (AvgIpc) is 2.46. The summed E-state index contributed by atoms with van der Waals surface area (Å²) in [5, 5.41) is 0. The number of nitrogens with zero attached hydrogens (tertiary/aromatic N) is 1. The number of hydrogen-bond acceptors (Lipinski definition) is 3. The minimum atomic E-state index is -0.256. The quantitative estimate of drug-likeness (QED) is 0.594. The molecule has 0 spiro atoms. The minimum absolute atomic E-state index is 0.256. The van der Waals surface area contributed by atoms with Crippen LogP contribution in [0.15, 0.2) is 48.7 Å².